The number of nitrogens with zero attached hydrogens (tertiary/aromatic N) is 1. The number of carboxylic acid groups (broad SMARTS) is 1. The zero-order chi connectivity index (χ0) is 15.5. The number of rotatable bonds is 8. The number of carbonyl (C=O) groups excluding carboxylic acids is 1. The zero-order valence-corrected chi connectivity index (χ0v) is 13.9. The van der Waals surface area contributed by atoms with Crippen LogP contribution < -0.4 is 5.32 Å². The molecule has 1 atom stereocenters. The maximum absolute atomic E-state index is 11.9. The molecule has 2 N–H and O–H groups in total. The van der Waals surface area contributed by atoms with Crippen molar-refractivity contribution in [2.24, 2.45) is 5.92 Å². The summed E-state index contributed by atoms with van der Waals surface area (Å²) in [6.07, 6.45) is 2.09. The maximum atomic E-state index is 11.9. The number of nitrogens with one attached hydrogen (secondary N) is 1. The van der Waals surface area contributed by atoms with Crippen molar-refractivity contribution in [1.29, 1.82) is 0 Å². The van der Waals surface area contributed by atoms with Crippen LogP contribution in [0.15, 0.2) is 5.38 Å². The van der Waals surface area contributed by atoms with Crippen LogP contribution in [0.4, 0.5) is 0 Å². The number of carbonyl (C=O) groups is 2. The highest BCUT2D eigenvalue weighted by Gasteiger charge is 2.48. The molecule has 0 bridgehead atoms. The highest BCUT2D eigenvalue weighted by Crippen LogP contribution is 2.39. The number of aryl methyl sites for hydroxylation is 1. The average molecular weight is 328 g/mol. The first-order chi connectivity index (χ1) is 9.91. The van der Waals surface area contributed by atoms with Gasteiger partial charge in [0.15, 0.2) is 0 Å². The third kappa shape index (κ3) is 4.44. The first-order valence-corrected chi connectivity index (χ1v) is 8.98. The van der Waals surface area contributed by atoms with Gasteiger partial charge < -0.3 is 10.4 Å². The summed E-state index contributed by atoms with van der Waals surface area (Å²) in [6, 6.07) is 0. The quantitative estimate of drug-likeness (QED) is 0.717. The van der Waals surface area contributed by atoms with E-state index in [0.29, 0.717) is 12.2 Å². The lowest BCUT2D eigenvalue weighted by Crippen LogP contribution is -2.54. The number of aliphatic carboxylic acids is 1. The van der Waals surface area contributed by atoms with E-state index in [4.69, 9.17) is 0 Å². The molecule has 116 valence electrons. The number of amides is 1. The lowest BCUT2D eigenvalue weighted by Gasteiger charge is -2.26. The van der Waals surface area contributed by atoms with Crippen LogP contribution in [0.5, 0.6) is 0 Å². The van der Waals surface area contributed by atoms with Gasteiger partial charge in [-0.1, -0.05) is 0 Å². The monoisotopic (exact) mass is 328 g/mol. The van der Waals surface area contributed by atoms with Gasteiger partial charge in [0.2, 0.25) is 5.91 Å². The second kappa shape index (κ2) is 6.79. The Morgan fingerprint density at radius 2 is 2.29 bits per heavy atom. The molecule has 1 amide bonds. The Bertz CT molecular complexity index is 528. The van der Waals surface area contributed by atoms with Crippen molar-refractivity contribution in [3.8, 4) is 0 Å². The smallest absolute Gasteiger partial charge is 0.329 e. The Morgan fingerprint density at radius 3 is 2.81 bits per heavy atom. The fourth-order valence-corrected chi connectivity index (χ4v) is 3.71. The molecule has 2 rings (SSSR count). The molecular weight excluding hydrogens is 308 g/mol. The average Bonchev–Trinajstić information content (AvgIpc) is 3.19. The minimum Gasteiger partial charge on any atom is -0.480 e. The zero-order valence-electron chi connectivity index (χ0n) is 12.2. The van der Waals surface area contributed by atoms with Crippen LogP contribution >= 0.6 is 23.1 Å². The number of thioether (sulfide) groups is 1. The Labute approximate surface area is 132 Å². The Balaban J connectivity index is 1.70. The first-order valence-electron chi connectivity index (χ1n) is 6.95. The van der Waals surface area contributed by atoms with Crippen LogP contribution in [-0.2, 0) is 15.3 Å². The largest absolute Gasteiger partial charge is 0.480 e. The summed E-state index contributed by atoms with van der Waals surface area (Å²) >= 11 is 3.26. The van der Waals surface area contributed by atoms with Crippen LogP contribution in [-0.4, -0.2) is 33.3 Å². The lowest BCUT2D eigenvalue weighted by atomic mass is 9.96. The number of aromatic nitrogens is 1. The molecule has 1 saturated carbocycles. The summed E-state index contributed by atoms with van der Waals surface area (Å²) in [4.78, 5) is 27.6. The molecule has 0 aromatic carbocycles. The van der Waals surface area contributed by atoms with E-state index < -0.39 is 11.5 Å². The van der Waals surface area contributed by atoms with Crippen molar-refractivity contribution < 1.29 is 14.7 Å². The van der Waals surface area contributed by atoms with Gasteiger partial charge in [0.1, 0.15) is 5.54 Å². The minimum atomic E-state index is -1.10. The van der Waals surface area contributed by atoms with E-state index in [1.807, 2.05) is 12.3 Å². The Hall–Kier alpha value is -1.08. The summed E-state index contributed by atoms with van der Waals surface area (Å²) in [5, 5.41) is 15.1. The molecule has 0 spiro atoms. The number of carboxylic acids is 1. The predicted molar refractivity (Wildman–Crippen MR) is 84.5 cm³/mol. The minimum absolute atomic E-state index is 0.0737. The highest BCUT2D eigenvalue weighted by atomic mass is 32.2. The van der Waals surface area contributed by atoms with Gasteiger partial charge in [-0.3, -0.25) is 4.79 Å². The molecule has 1 aliphatic carbocycles. The lowest BCUT2D eigenvalue weighted by molar-refractivity contribution is -0.147. The van der Waals surface area contributed by atoms with Crippen molar-refractivity contribution in [3.63, 3.8) is 0 Å². The van der Waals surface area contributed by atoms with Gasteiger partial charge in [-0.05, 0) is 32.6 Å². The molecule has 0 radical (unpaired) electrons. The van der Waals surface area contributed by atoms with Gasteiger partial charge in [-0.2, -0.15) is 11.8 Å². The van der Waals surface area contributed by atoms with Crippen LogP contribution in [0.25, 0.3) is 0 Å². The summed E-state index contributed by atoms with van der Waals surface area (Å²) in [5.41, 5.74) is -0.0652. The third-order valence-corrected chi connectivity index (χ3v) is 5.44. The highest BCUT2D eigenvalue weighted by molar-refractivity contribution is 7.98. The van der Waals surface area contributed by atoms with Gasteiger partial charge in [-0.25, -0.2) is 9.78 Å². The fourth-order valence-electron chi connectivity index (χ4n) is 2.16. The van der Waals surface area contributed by atoms with Gasteiger partial charge in [0.05, 0.1) is 10.7 Å². The van der Waals surface area contributed by atoms with Crippen LogP contribution in [0, 0.1) is 12.8 Å². The molecule has 21 heavy (non-hydrogen) atoms. The second-order valence-electron chi connectivity index (χ2n) is 5.49. The van der Waals surface area contributed by atoms with E-state index in [1.165, 1.54) is 0 Å². The van der Waals surface area contributed by atoms with Crippen molar-refractivity contribution in [2.75, 3.05) is 5.75 Å². The van der Waals surface area contributed by atoms with E-state index in [0.717, 1.165) is 29.3 Å². The van der Waals surface area contributed by atoms with Crippen LogP contribution in [0.3, 0.4) is 0 Å². The third-order valence-electron chi connectivity index (χ3n) is 3.63. The summed E-state index contributed by atoms with van der Waals surface area (Å²) < 4.78 is 0. The topological polar surface area (TPSA) is 79.3 Å². The Kier molecular flexibility index (Phi) is 5.27. The Morgan fingerprint density at radius 1 is 1.57 bits per heavy atom. The predicted octanol–water partition coefficient (Wildman–Crippen LogP) is 2.44. The van der Waals surface area contributed by atoms with Gasteiger partial charge >= 0.3 is 5.97 Å². The van der Waals surface area contributed by atoms with Crippen molar-refractivity contribution in [1.82, 2.24) is 10.3 Å². The van der Waals surface area contributed by atoms with E-state index in [-0.39, 0.29) is 11.8 Å². The first kappa shape index (κ1) is 16.3. The molecule has 7 heteroatoms. The van der Waals surface area contributed by atoms with E-state index in [1.54, 1.807) is 30.0 Å². The fraction of sp³-hybridized carbons (Fsp3) is 0.643. The van der Waals surface area contributed by atoms with Crippen molar-refractivity contribution >= 4 is 35.0 Å². The summed E-state index contributed by atoms with van der Waals surface area (Å²) in [7, 11) is 0. The van der Waals surface area contributed by atoms with Crippen LogP contribution in [0.1, 0.15) is 36.9 Å². The van der Waals surface area contributed by atoms with E-state index >= 15 is 0 Å². The van der Waals surface area contributed by atoms with E-state index in [9.17, 15) is 14.7 Å². The molecule has 1 fully saturated rings. The normalized spacial score (nSPS) is 17.2. The number of hydrogen-bond donors (Lipinski definition) is 2. The summed E-state index contributed by atoms with van der Waals surface area (Å²) in [6.45, 7) is 3.58. The van der Waals surface area contributed by atoms with Gasteiger partial charge in [-0.15, -0.1) is 11.3 Å². The molecule has 0 saturated heterocycles. The SMILES string of the molecule is Cc1nc(CSCCC(=O)NC(C)(C(=O)O)C2CC2)cs1. The van der Waals surface area contributed by atoms with E-state index in [2.05, 4.69) is 10.3 Å². The molecular formula is C14H20N2O3S2. The summed E-state index contributed by atoms with van der Waals surface area (Å²) in [5.74, 6) is 0.404. The standard InChI is InChI=1S/C14H20N2O3S2/c1-9-15-11(8-21-9)7-20-6-5-12(17)16-14(2,13(18)19)10-3-4-10/h8,10H,3-7H2,1-2H3,(H,16,17)(H,18,19). The molecule has 1 heterocycles. The van der Waals surface area contributed by atoms with Crippen molar-refractivity contribution in [2.45, 2.75) is 44.4 Å². The molecule has 1 aromatic rings. The van der Waals surface area contributed by atoms with Gasteiger partial charge in [0, 0.05) is 23.3 Å². The number of thiazole rings is 1. The molecule has 1 aromatic heterocycles. The number of hydrogen-bond acceptors (Lipinski definition) is 5. The van der Waals surface area contributed by atoms with Crippen LogP contribution in [0.2, 0.25) is 0 Å². The molecule has 0 aliphatic heterocycles. The molecule has 1 unspecified atom stereocenters. The molecule has 1 aliphatic rings. The maximum Gasteiger partial charge on any atom is 0.329 e. The molecule has 5 nitrogen and oxygen atoms in total. The van der Waals surface area contributed by atoms with Gasteiger partial charge in [0.25, 0.3) is 0 Å². The van der Waals surface area contributed by atoms with Crippen molar-refractivity contribution in [3.05, 3.63) is 16.1 Å². The second-order valence-corrected chi connectivity index (χ2v) is 7.66.